The predicted molar refractivity (Wildman–Crippen MR) is 102 cm³/mol. The number of nitrogens with one attached hydrogen (secondary N) is 4. The number of fused-ring (bicyclic) bond motifs is 1. The number of hydrogen-bond donors (Lipinski definition) is 4. The monoisotopic (exact) mass is 382 g/mol. The highest BCUT2D eigenvalue weighted by atomic mass is 35.5. The van der Waals surface area contributed by atoms with Gasteiger partial charge in [0.15, 0.2) is 0 Å². The molecule has 26 heavy (non-hydrogen) atoms. The SMILES string of the molecule is CC(=O)NCCNC(=O)CCC(=O)NCC1NCCc2ccccc21.Cl. The number of halogens is 1. The van der Waals surface area contributed by atoms with Gasteiger partial charge in [0.2, 0.25) is 17.7 Å². The highest BCUT2D eigenvalue weighted by molar-refractivity contribution is 5.85. The van der Waals surface area contributed by atoms with Crippen LogP contribution >= 0.6 is 12.4 Å². The standard InChI is InChI=1S/C18H26N4O3.ClH/c1-13(23)19-10-11-21-17(24)6-7-18(25)22-12-16-15-5-3-2-4-14(15)8-9-20-16;/h2-5,16,20H,6-12H2,1H3,(H,19,23)(H,21,24)(H,22,25);1H. The molecule has 1 aliphatic rings. The van der Waals surface area contributed by atoms with Crippen LogP contribution in [0, 0.1) is 0 Å². The summed E-state index contributed by atoms with van der Waals surface area (Å²) in [6.45, 7) is 3.59. The van der Waals surface area contributed by atoms with Crippen LogP contribution in [-0.4, -0.2) is 43.9 Å². The van der Waals surface area contributed by atoms with Crippen LogP contribution in [0.2, 0.25) is 0 Å². The van der Waals surface area contributed by atoms with Crippen molar-refractivity contribution in [2.45, 2.75) is 32.2 Å². The lowest BCUT2D eigenvalue weighted by Crippen LogP contribution is -2.39. The zero-order chi connectivity index (χ0) is 18.1. The van der Waals surface area contributed by atoms with Crippen LogP contribution in [-0.2, 0) is 20.8 Å². The summed E-state index contributed by atoms with van der Waals surface area (Å²) in [6, 6.07) is 8.35. The molecule has 0 bridgehead atoms. The van der Waals surface area contributed by atoms with Gasteiger partial charge in [-0.05, 0) is 24.1 Å². The molecule has 0 spiro atoms. The first kappa shape index (κ1) is 21.9. The number of benzene rings is 1. The molecule has 7 nitrogen and oxygen atoms in total. The first-order chi connectivity index (χ1) is 12.1. The van der Waals surface area contributed by atoms with E-state index < -0.39 is 0 Å². The van der Waals surface area contributed by atoms with Crippen LogP contribution in [0.1, 0.15) is 36.9 Å². The van der Waals surface area contributed by atoms with Gasteiger partial charge < -0.3 is 21.3 Å². The predicted octanol–water partition coefficient (Wildman–Crippen LogP) is 0.444. The van der Waals surface area contributed by atoms with E-state index in [2.05, 4.69) is 33.4 Å². The van der Waals surface area contributed by atoms with Gasteiger partial charge >= 0.3 is 0 Å². The molecule has 0 aromatic heterocycles. The van der Waals surface area contributed by atoms with Gasteiger partial charge in [-0.3, -0.25) is 14.4 Å². The van der Waals surface area contributed by atoms with E-state index in [1.54, 1.807) is 0 Å². The van der Waals surface area contributed by atoms with E-state index in [4.69, 9.17) is 0 Å². The summed E-state index contributed by atoms with van der Waals surface area (Å²) < 4.78 is 0. The second-order valence-corrected chi connectivity index (χ2v) is 6.09. The van der Waals surface area contributed by atoms with Crippen molar-refractivity contribution in [3.05, 3.63) is 35.4 Å². The molecule has 3 amide bonds. The Bertz CT molecular complexity index is 624. The van der Waals surface area contributed by atoms with Gasteiger partial charge in [-0.1, -0.05) is 24.3 Å². The van der Waals surface area contributed by atoms with Crippen LogP contribution in [0.4, 0.5) is 0 Å². The molecule has 1 unspecified atom stereocenters. The number of hydrogen-bond acceptors (Lipinski definition) is 4. The molecule has 0 saturated carbocycles. The van der Waals surface area contributed by atoms with Crippen molar-refractivity contribution in [1.29, 1.82) is 0 Å². The summed E-state index contributed by atoms with van der Waals surface area (Å²) in [6.07, 6.45) is 1.29. The van der Waals surface area contributed by atoms with E-state index in [0.29, 0.717) is 19.6 Å². The minimum atomic E-state index is -0.193. The summed E-state index contributed by atoms with van der Waals surface area (Å²) in [5.74, 6) is -0.463. The van der Waals surface area contributed by atoms with E-state index in [1.165, 1.54) is 18.1 Å². The number of rotatable bonds is 8. The second kappa shape index (κ2) is 11.5. The van der Waals surface area contributed by atoms with Gasteiger partial charge in [-0.15, -0.1) is 12.4 Å². The molecule has 0 saturated heterocycles. The Morgan fingerprint density at radius 2 is 1.69 bits per heavy atom. The molecule has 2 rings (SSSR count). The highest BCUT2D eigenvalue weighted by Crippen LogP contribution is 2.21. The topological polar surface area (TPSA) is 99.3 Å². The maximum atomic E-state index is 11.9. The lowest BCUT2D eigenvalue weighted by atomic mass is 9.94. The van der Waals surface area contributed by atoms with Crippen LogP contribution in [0.15, 0.2) is 24.3 Å². The first-order valence-electron chi connectivity index (χ1n) is 8.65. The molecule has 0 fully saturated rings. The van der Waals surface area contributed by atoms with Gasteiger partial charge in [0.1, 0.15) is 0 Å². The van der Waals surface area contributed by atoms with Crippen molar-refractivity contribution in [3.8, 4) is 0 Å². The van der Waals surface area contributed by atoms with Gasteiger partial charge in [-0.2, -0.15) is 0 Å². The lowest BCUT2D eigenvalue weighted by molar-refractivity contribution is -0.126. The quantitative estimate of drug-likeness (QED) is 0.490. The van der Waals surface area contributed by atoms with Crippen molar-refractivity contribution >= 4 is 30.1 Å². The average molecular weight is 383 g/mol. The Balaban J connectivity index is 0.00000338. The number of amides is 3. The van der Waals surface area contributed by atoms with E-state index >= 15 is 0 Å². The van der Waals surface area contributed by atoms with Gasteiger partial charge in [0.05, 0.1) is 0 Å². The van der Waals surface area contributed by atoms with Crippen LogP contribution in [0.5, 0.6) is 0 Å². The minimum absolute atomic E-state index is 0. The molecule has 144 valence electrons. The molecule has 1 aromatic carbocycles. The summed E-state index contributed by atoms with van der Waals surface area (Å²) in [5.41, 5.74) is 2.55. The van der Waals surface area contributed by atoms with E-state index in [1.807, 2.05) is 12.1 Å². The van der Waals surface area contributed by atoms with E-state index in [9.17, 15) is 14.4 Å². The fourth-order valence-electron chi connectivity index (χ4n) is 2.84. The molecule has 1 aromatic rings. The highest BCUT2D eigenvalue weighted by Gasteiger charge is 2.19. The molecular weight excluding hydrogens is 356 g/mol. The first-order valence-corrected chi connectivity index (χ1v) is 8.65. The molecule has 4 N–H and O–H groups in total. The van der Waals surface area contributed by atoms with Crippen molar-refractivity contribution < 1.29 is 14.4 Å². The largest absolute Gasteiger partial charge is 0.355 e. The molecule has 1 heterocycles. The number of carbonyl (C=O) groups is 3. The van der Waals surface area contributed by atoms with Gasteiger partial charge in [0.25, 0.3) is 0 Å². The van der Waals surface area contributed by atoms with Crippen LogP contribution < -0.4 is 21.3 Å². The van der Waals surface area contributed by atoms with Crippen LogP contribution in [0.3, 0.4) is 0 Å². The zero-order valence-corrected chi connectivity index (χ0v) is 15.8. The van der Waals surface area contributed by atoms with Crippen LogP contribution in [0.25, 0.3) is 0 Å². The molecule has 1 atom stereocenters. The second-order valence-electron chi connectivity index (χ2n) is 6.09. The summed E-state index contributed by atoms with van der Waals surface area (Å²) in [7, 11) is 0. The fraction of sp³-hybridized carbons (Fsp3) is 0.500. The molecule has 0 aliphatic carbocycles. The van der Waals surface area contributed by atoms with Crippen molar-refractivity contribution in [1.82, 2.24) is 21.3 Å². The van der Waals surface area contributed by atoms with Crippen molar-refractivity contribution in [2.24, 2.45) is 0 Å². The van der Waals surface area contributed by atoms with Crippen molar-refractivity contribution in [2.75, 3.05) is 26.2 Å². The van der Waals surface area contributed by atoms with E-state index in [-0.39, 0.29) is 49.0 Å². The zero-order valence-electron chi connectivity index (χ0n) is 15.0. The maximum Gasteiger partial charge on any atom is 0.220 e. The summed E-state index contributed by atoms with van der Waals surface area (Å²) >= 11 is 0. The fourth-order valence-corrected chi connectivity index (χ4v) is 2.84. The van der Waals surface area contributed by atoms with Gasteiger partial charge in [0, 0.05) is 45.4 Å². The Labute approximate surface area is 160 Å². The van der Waals surface area contributed by atoms with Gasteiger partial charge in [-0.25, -0.2) is 0 Å². The molecular formula is C18H27ClN4O3. The smallest absolute Gasteiger partial charge is 0.220 e. The lowest BCUT2D eigenvalue weighted by Gasteiger charge is -2.27. The van der Waals surface area contributed by atoms with Crippen molar-refractivity contribution in [3.63, 3.8) is 0 Å². The Morgan fingerprint density at radius 1 is 1.04 bits per heavy atom. The third kappa shape index (κ3) is 7.41. The Kier molecular flexibility index (Phi) is 9.69. The molecule has 1 aliphatic heterocycles. The summed E-state index contributed by atoms with van der Waals surface area (Å²) in [4.78, 5) is 34.3. The normalized spacial score (nSPS) is 15.2. The van der Waals surface area contributed by atoms with E-state index in [0.717, 1.165) is 13.0 Å². The summed E-state index contributed by atoms with van der Waals surface area (Å²) in [5, 5.41) is 11.6. The Hall–Kier alpha value is -2.12. The Morgan fingerprint density at radius 3 is 2.42 bits per heavy atom. The third-order valence-corrected chi connectivity index (χ3v) is 4.12. The molecule has 8 heteroatoms. The maximum absolute atomic E-state index is 11.9. The molecule has 0 radical (unpaired) electrons. The number of carbonyl (C=O) groups excluding carboxylic acids is 3. The third-order valence-electron chi connectivity index (χ3n) is 4.12. The average Bonchev–Trinajstić information content (AvgIpc) is 2.61. The minimum Gasteiger partial charge on any atom is -0.355 e.